The highest BCUT2D eigenvalue weighted by atomic mass is 35.5. The van der Waals surface area contributed by atoms with E-state index in [9.17, 15) is 32.4 Å². The number of hydrogen-bond donors (Lipinski definition) is 0. The predicted octanol–water partition coefficient (Wildman–Crippen LogP) is 14.3. The van der Waals surface area contributed by atoms with E-state index in [0.717, 1.165) is 168 Å². The van der Waals surface area contributed by atoms with E-state index in [2.05, 4.69) is 32.9 Å². The minimum Gasteiger partial charge on any atom is -0.380 e. The van der Waals surface area contributed by atoms with Crippen LogP contribution in [0, 0.1) is 0 Å². The molecule has 5 amide bonds. The fraction of sp³-hybridized carbons (Fsp3) is 0.453. The second-order valence-electron chi connectivity index (χ2n) is 28.0. The minimum absolute atomic E-state index is 0.0208. The zero-order valence-corrected chi connectivity index (χ0v) is 69.8. The highest BCUT2D eigenvalue weighted by Crippen LogP contribution is 2.36. The number of hydrogen-bond acceptors (Lipinski definition) is 17. The van der Waals surface area contributed by atoms with Crippen molar-refractivity contribution in [3.63, 3.8) is 0 Å². The smallest absolute Gasteiger partial charge is 0.227 e. The Kier molecular flexibility index (Phi) is 35.2. The molecule has 606 valence electrons. The number of ether oxygens (including phenoxy) is 7. The molecule has 0 radical (unpaired) electrons. The molecule has 26 heteroatoms. The second-order valence-corrected chi connectivity index (χ2v) is 30.9. The van der Waals surface area contributed by atoms with Gasteiger partial charge in [0.2, 0.25) is 39.6 Å². The Hall–Kier alpha value is -8.50. The van der Waals surface area contributed by atoms with Gasteiger partial charge in [0.25, 0.3) is 0 Å². The molecule has 5 aliphatic heterocycles. The summed E-state index contributed by atoms with van der Waals surface area (Å²) < 4.78 is 62.3. The Morgan fingerprint density at radius 3 is 1.21 bits per heavy atom. The third-order valence-electron chi connectivity index (χ3n) is 19.9. The lowest BCUT2D eigenvalue weighted by Gasteiger charge is -2.36. The van der Waals surface area contributed by atoms with E-state index in [1.807, 2.05) is 159 Å². The number of halogens is 2. The molecule has 0 atom stereocenters. The number of sulfonamides is 1. The summed E-state index contributed by atoms with van der Waals surface area (Å²) in [4.78, 5) is 75.1. The van der Waals surface area contributed by atoms with Crippen LogP contribution in [0.1, 0.15) is 101 Å². The van der Waals surface area contributed by atoms with E-state index in [1.165, 1.54) is 16.2 Å². The van der Waals surface area contributed by atoms with Gasteiger partial charge in [-0.3, -0.25) is 24.0 Å². The largest absolute Gasteiger partial charge is 0.380 e. The third kappa shape index (κ3) is 24.8. The monoisotopic (exact) mass is 1600 g/mol. The van der Waals surface area contributed by atoms with Crippen LogP contribution in [0.15, 0.2) is 140 Å². The van der Waals surface area contributed by atoms with Crippen molar-refractivity contribution < 1.29 is 65.5 Å². The average Bonchev–Trinajstić information content (AvgIpc) is 1.41. The van der Waals surface area contributed by atoms with Crippen LogP contribution in [0.5, 0.6) is 0 Å². The summed E-state index contributed by atoms with van der Waals surface area (Å²) in [5, 5.41) is 1.42. The molecule has 5 heterocycles. The fourth-order valence-electron chi connectivity index (χ4n) is 14.3. The standard InChI is InChI=1S/2C19H22ClNO2.C17H25N3O4S.C16H22N2O3.C15H22N2O3/c1-13(2)21(14(3)22)18-9-10-19(16(11-18)12-23-4)15-5-7-17(20)8-6-15;1-4-19(22)21(5-2)17-10-11-18(15(12-17)13-23-3)14-6-8-16(20)9-7-14;1-24-13-14-12-15(20-7-3-4-17(20)21)5-6-16(14)18-8-10-19(11-9-18)25(2,22)23;1-20-12-13-11-14(18-6-2-3-16(18)19)4-5-15(13)17-7-9-21-10-8-17;1-12(18)16(2)14-4-5-15(13(10-14)11-19-3)17-6-8-20-9-7-17/h5-11,13H,12H2,1-4H3;6-12H,4-5,13H2,1-3H3;5-6,12H,3-4,7-11,13H2,1-2H3;4-5,11H,2-3,6-10,12H2,1H3;4-5,10H,6-9,11H2,1-3H3. The highest BCUT2D eigenvalue weighted by Gasteiger charge is 2.29. The van der Waals surface area contributed by atoms with Gasteiger partial charge < -0.3 is 72.4 Å². The van der Waals surface area contributed by atoms with Crippen LogP contribution >= 0.6 is 23.2 Å². The number of morpholine rings is 2. The normalized spacial score (nSPS) is 15.2. The molecule has 5 fully saturated rings. The van der Waals surface area contributed by atoms with E-state index < -0.39 is 10.0 Å². The van der Waals surface area contributed by atoms with Crippen molar-refractivity contribution in [1.82, 2.24) is 4.31 Å². The summed E-state index contributed by atoms with van der Waals surface area (Å²) in [6.07, 6.45) is 4.85. The average molecular weight is 1600 g/mol. The van der Waals surface area contributed by atoms with Crippen LogP contribution in [0.2, 0.25) is 10.0 Å². The maximum atomic E-state index is 12.1. The number of methoxy groups -OCH3 is 5. The van der Waals surface area contributed by atoms with E-state index in [1.54, 1.807) is 71.1 Å². The van der Waals surface area contributed by atoms with Gasteiger partial charge in [-0.25, -0.2) is 8.42 Å². The minimum atomic E-state index is -3.14. The number of rotatable bonds is 24. The zero-order chi connectivity index (χ0) is 81.0. The topological polar surface area (TPSA) is 213 Å². The van der Waals surface area contributed by atoms with Crippen LogP contribution < -0.4 is 39.2 Å². The summed E-state index contributed by atoms with van der Waals surface area (Å²) in [6, 6.07) is 46.0. The summed E-state index contributed by atoms with van der Waals surface area (Å²) in [5.41, 5.74) is 17.7. The van der Waals surface area contributed by atoms with Crippen molar-refractivity contribution in [1.29, 1.82) is 0 Å². The quantitative estimate of drug-likeness (QED) is 0.0550. The number of piperazine rings is 1. The molecule has 23 nitrogen and oxygen atoms in total. The van der Waals surface area contributed by atoms with Crippen molar-refractivity contribution in [3.05, 3.63) is 177 Å². The molecule has 7 aromatic rings. The summed E-state index contributed by atoms with van der Waals surface area (Å²) in [7, 11) is 7.03. The van der Waals surface area contributed by atoms with Crippen LogP contribution in [-0.4, -0.2) is 196 Å². The van der Waals surface area contributed by atoms with Gasteiger partial charge in [-0.05, 0) is 170 Å². The van der Waals surface area contributed by atoms with E-state index in [4.69, 9.17) is 56.4 Å². The second kappa shape index (κ2) is 44.2. The summed E-state index contributed by atoms with van der Waals surface area (Å²) in [5.74, 6) is 0.556. The molecule has 0 spiro atoms. The van der Waals surface area contributed by atoms with Crippen LogP contribution in [0.4, 0.5) is 45.5 Å². The number of anilines is 8. The molecule has 0 unspecified atom stereocenters. The van der Waals surface area contributed by atoms with Crippen molar-refractivity contribution in [2.45, 2.75) is 113 Å². The first-order valence-electron chi connectivity index (χ1n) is 38.3. The molecule has 0 N–H and O–H groups in total. The Morgan fingerprint density at radius 2 is 0.848 bits per heavy atom. The molecule has 0 saturated carbocycles. The van der Waals surface area contributed by atoms with Gasteiger partial charge in [0, 0.05) is 226 Å². The van der Waals surface area contributed by atoms with Crippen LogP contribution in [0.3, 0.4) is 0 Å². The van der Waals surface area contributed by atoms with Gasteiger partial charge in [0.05, 0.1) is 65.7 Å². The molecule has 5 saturated heterocycles. The Labute approximate surface area is 673 Å². The third-order valence-corrected chi connectivity index (χ3v) is 21.7. The van der Waals surface area contributed by atoms with Crippen molar-refractivity contribution in [2.24, 2.45) is 0 Å². The van der Waals surface area contributed by atoms with Gasteiger partial charge in [-0.15, -0.1) is 0 Å². The number of benzene rings is 7. The lowest BCUT2D eigenvalue weighted by Crippen LogP contribution is -2.48. The summed E-state index contributed by atoms with van der Waals surface area (Å²) in [6.45, 7) is 24.6. The number of carbonyl (C=O) groups excluding carboxylic acids is 5. The highest BCUT2D eigenvalue weighted by molar-refractivity contribution is 7.88. The van der Waals surface area contributed by atoms with E-state index in [-0.39, 0.29) is 35.6 Å². The van der Waals surface area contributed by atoms with Crippen molar-refractivity contribution in [3.8, 4) is 22.3 Å². The first kappa shape index (κ1) is 89.1. The zero-order valence-electron chi connectivity index (χ0n) is 67.4. The fourth-order valence-corrected chi connectivity index (χ4v) is 15.4. The molecule has 0 aromatic heterocycles. The van der Waals surface area contributed by atoms with Crippen LogP contribution in [0.25, 0.3) is 22.3 Å². The SMILES string of the molecule is CCC(=O)N(CC)c1ccc(-c2ccc(Cl)cc2)c(COC)c1.COCc1cc(N(C(C)=O)C(C)C)ccc1-c1ccc(Cl)cc1.COCc1cc(N(C)C(C)=O)ccc1N1CCOCC1.COCc1cc(N2CCCC2=O)ccc1N1CCN(S(C)(=O)=O)CC1.COCc1cc(N2CCCC2=O)ccc1N1CCOCC1. The lowest BCUT2D eigenvalue weighted by atomic mass is 9.99. The Morgan fingerprint density at radius 1 is 0.473 bits per heavy atom. The molecule has 0 aliphatic carbocycles. The first-order valence-corrected chi connectivity index (χ1v) is 40.9. The maximum Gasteiger partial charge on any atom is 0.227 e. The van der Waals surface area contributed by atoms with Gasteiger partial charge in [0.15, 0.2) is 0 Å². The summed E-state index contributed by atoms with van der Waals surface area (Å²) >= 11 is 11.9. The number of carbonyl (C=O) groups is 5. The lowest BCUT2D eigenvalue weighted by molar-refractivity contribution is -0.118. The van der Waals surface area contributed by atoms with E-state index >= 15 is 0 Å². The molecule has 12 rings (SSSR count). The molecular formula is C86H113Cl2N9O14S. The molecular weight excluding hydrogens is 1490 g/mol. The number of amides is 5. The Balaban J connectivity index is 0.000000176. The molecule has 112 heavy (non-hydrogen) atoms. The van der Waals surface area contributed by atoms with Gasteiger partial charge in [0.1, 0.15) is 0 Å². The Bertz CT molecular complexity index is 4340. The van der Waals surface area contributed by atoms with Crippen molar-refractivity contribution >= 4 is 108 Å². The number of nitrogens with zero attached hydrogens (tertiary/aromatic N) is 9. The molecule has 5 aliphatic rings. The van der Waals surface area contributed by atoms with Crippen LogP contribution in [-0.2, 0) is 100 Å². The predicted molar refractivity (Wildman–Crippen MR) is 450 cm³/mol. The maximum absolute atomic E-state index is 12.1. The van der Waals surface area contributed by atoms with Gasteiger partial charge in [-0.1, -0.05) is 66.5 Å². The van der Waals surface area contributed by atoms with Gasteiger partial charge in [-0.2, -0.15) is 4.31 Å². The first-order chi connectivity index (χ1) is 53.9. The molecule has 0 bridgehead atoms. The van der Waals surface area contributed by atoms with Gasteiger partial charge >= 0.3 is 0 Å². The molecule has 7 aromatic carbocycles. The van der Waals surface area contributed by atoms with E-state index in [0.29, 0.717) is 95.1 Å². The van der Waals surface area contributed by atoms with Crippen molar-refractivity contribution in [2.75, 3.05) is 186 Å².